The number of nitrogens with zero attached hydrogens (tertiary/aromatic N) is 4. The van der Waals surface area contributed by atoms with Crippen molar-refractivity contribution in [2.75, 3.05) is 10.6 Å². The lowest BCUT2D eigenvalue weighted by Crippen LogP contribution is -2.01. The van der Waals surface area contributed by atoms with Crippen LogP contribution in [0.5, 0.6) is 0 Å². The van der Waals surface area contributed by atoms with E-state index in [2.05, 4.69) is 30.6 Å². The molecule has 0 radical (unpaired) electrons. The zero-order chi connectivity index (χ0) is 16.9. The molecule has 6 nitrogen and oxygen atoms in total. The van der Waals surface area contributed by atoms with Gasteiger partial charge in [0, 0.05) is 23.5 Å². The number of pyridine rings is 1. The summed E-state index contributed by atoms with van der Waals surface area (Å²) in [6, 6.07) is 17.4. The highest BCUT2D eigenvalue weighted by Gasteiger charge is 2.06. The van der Waals surface area contributed by atoms with Crippen molar-refractivity contribution in [3.05, 3.63) is 72.4 Å². The molecule has 0 spiro atoms. The van der Waals surface area contributed by atoms with Gasteiger partial charge in [0.1, 0.15) is 22.3 Å². The predicted octanol–water partition coefficient (Wildman–Crippen LogP) is 4.48. The average Bonchev–Trinajstić information content (AvgIpc) is 3.18. The molecule has 3 heterocycles. The SMILES string of the molecule is c1ccc(Nc2cccc(Nc3nccc(-c4nccs4)n3)n2)cc1. The molecule has 4 aromatic rings. The van der Waals surface area contributed by atoms with E-state index in [9.17, 15) is 0 Å². The third kappa shape index (κ3) is 3.78. The standard InChI is InChI=1S/C18H14N6S/c1-2-5-13(6-3-1)21-15-7-4-8-16(23-15)24-18-20-10-9-14(22-18)17-19-11-12-25-17/h1-12H,(H2,20,21,22,23,24). The van der Waals surface area contributed by atoms with E-state index in [4.69, 9.17) is 0 Å². The van der Waals surface area contributed by atoms with Gasteiger partial charge >= 0.3 is 0 Å². The van der Waals surface area contributed by atoms with E-state index in [1.54, 1.807) is 12.4 Å². The second-order valence-electron chi connectivity index (χ2n) is 5.13. The maximum absolute atomic E-state index is 4.54. The second kappa shape index (κ2) is 7.06. The molecule has 2 N–H and O–H groups in total. The van der Waals surface area contributed by atoms with Crippen LogP contribution in [0.3, 0.4) is 0 Å². The lowest BCUT2D eigenvalue weighted by atomic mass is 10.3. The Balaban J connectivity index is 1.53. The summed E-state index contributed by atoms with van der Waals surface area (Å²) in [5, 5.41) is 9.18. The Kier molecular flexibility index (Phi) is 4.30. The summed E-state index contributed by atoms with van der Waals surface area (Å²) in [5.74, 6) is 1.89. The highest BCUT2D eigenvalue weighted by atomic mass is 32.1. The monoisotopic (exact) mass is 346 g/mol. The van der Waals surface area contributed by atoms with Crippen LogP contribution in [0, 0.1) is 0 Å². The topological polar surface area (TPSA) is 75.6 Å². The predicted molar refractivity (Wildman–Crippen MR) is 100 cm³/mol. The molecule has 0 fully saturated rings. The molecule has 0 aliphatic heterocycles. The second-order valence-corrected chi connectivity index (χ2v) is 6.02. The molecule has 7 heteroatoms. The highest BCUT2D eigenvalue weighted by molar-refractivity contribution is 7.13. The number of nitrogens with one attached hydrogen (secondary N) is 2. The summed E-state index contributed by atoms with van der Waals surface area (Å²) < 4.78 is 0. The minimum atomic E-state index is 0.483. The van der Waals surface area contributed by atoms with Crippen LogP contribution in [0.25, 0.3) is 10.7 Å². The van der Waals surface area contributed by atoms with Gasteiger partial charge in [-0.1, -0.05) is 24.3 Å². The molecule has 4 rings (SSSR count). The number of hydrogen-bond donors (Lipinski definition) is 2. The fourth-order valence-electron chi connectivity index (χ4n) is 2.25. The summed E-state index contributed by atoms with van der Waals surface area (Å²) in [7, 11) is 0. The molecule has 0 bridgehead atoms. The third-order valence-corrected chi connectivity index (χ3v) is 4.14. The van der Waals surface area contributed by atoms with Crippen LogP contribution in [0.15, 0.2) is 72.4 Å². The average molecular weight is 346 g/mol. The molecule has 0 aliphatic rings. The Hall–Kier alpha value is -3.32. The molecule has 122 valence electrons. The molecule has 0 saturated carbocycles. The fourth-order valence-corrected chi connectivity index (χ4v) is 2.85. The summed E-state index contributed by atoms with van der Waals surface area (Å²) in [6.45, 7) is 0. The van der Waals surface area contributed by atoms with Gasteiger partial charge in [0.15, 0.2) is 0 Å². The van der Waals surface area contributed by atoms with E-state index >= 15 is 0 Å². The minimum Gasteiger partial charge on any atom is -0.340 e. The number of benzene rings is 1. The maximum atomic E-state index is 4.54. The van der Waals surface area contributed by atoms with Crippen molar-refractivity contribution in [1.29, 1.82) is 0 Å². The molecule has 0 aliphatic carbocycles. The summed E-state index contributed by atoms with van der Waals surface area (Å²) in [6.07, 6.45) is 3.47. The number of hydrogen-bond acceptors (Lipinski definition) is 7. The van der Waals surface area contributed by atoms with Crippen LogP contribution in [0.4, 0.5) is 23.3 Å². The minimum absolute atomic E-state index is 0.483. The third-order valence-electron chi connectivity index (χ3n) is 3.34. The van der Waals surface area contributed by atoms with Crippen LogP contribution >= 0.6 is 11.3 Å². The zero-order valence-corrected chi connectivity index (χ0v) is 13.9. The molecule has 0 saturated heterocycles. The molecular weight excluding hydrogens is 332 g/mol. The maximum Gasteiger partial charge on any atom is 0.228 e. The first kappa shape index (κ1) is 15.2. The van der Waals surface area contributed by atoms with Crippen molar-refractivity contribution >= 4 is 34.6 Å². The van der Waals surface area contributed by atoms with Gasteiger partial charge in [-0.3, -0.25) is 0 Å². The lowest BCUT2D eigenvalue weighted by molar-refractivity contribution is 1.15. The van der Waals surface area contributed by atoms with E-state index in [0.29, 0.717) is 11.8 Å². The summed E-state index contributed by atoms with van der Waals surface area (Å²) in [4.78, 5) is 17.6. The number of anilines is 4. The first-order chi connectivity index (χ1) is 12.4. The van der Waals surface area contributed by atoms with Crippen molar-refractivity contribution < 1.29 is 0 Å². The molecule has 0 unspecified atom stereocenters. The van der Waals surface area contributed by atoms with Crippen molar-refractivity contribution in [3.63, 3.8) is 0 Å². The summed E-state index contributed by atoms with van der Waals surface area (Å²) in [5.41, 5.74) is 1.76. The molecular formula is C18H14N6S. The van der Waals surface area contributed by atoms with Gasteiger partial charge in [-0.15, -0.1) is 11.3 Å². The zero-order valence-electron chi connectivity index (χ0n) is 13.1. The van der Waals surface area contributed by atoms with Gasteiger partial charge in [0.2, 0.25) is 5.95 Å². The normalized spacial score (nSPS) is 10.4. The Morgan fingerprint density at radius 3 is 2.36 bits per heavy atom. The van der Waals surface area contributed by atoms with Gasteiger partial charge in [-0.05, 0) is 30.3 Å². The van der Waals surface area contributed by atoms with Crippen LogP contribution in [-0.2, 0) is 0 Å². The van der Waals surface area contributed by atoms with E-state index in [0.717, 1.165) is 22.2 Å². The molecule has 25 heavy (non-hydrogen) atoms. The van der Waals surface area contributed by atoms with Crippen LogP contribution < -0.4 is 10.6 Å². The Bertz CT molecular complexity index is 956. The first-order valence-corrected chi connectivity index (χ1v) is 8.54. The Labute approximate surface area is 148 Å². The molecule has 0 amide bonds. The lowest BCUT2D eigenvalue weighted by Gasteiger charge is -2.08. The Morgan fingerprint density at radius 2 is 1.56 bits per heavy atom. The van der Waals surface area contributed by atoms with E-state index in [-0.39, 0.29) is 0 Å². The molecule has 1 aromatic carbocycles. The molecule has 0 atom stereocenters. The van der Waals surface area contributed by atoms with E-state index in [1.807, 2.05) is 60.0 Å². The van der Waals surface area contributed by atoms with Gasteiger partial charge in [-0.25, -0.2) is 19.9 Å². The smallest absolute Gasteiger partial charge is 0.228 e. The van der Waals surface area contributed by atoms with Gasteiger partial charge in [-0.2, -0.15) is 0 Å². The van der Waals surface area contributed by atoms with Crippen molar-refractivity contribution in [2.45, 2.75) is 0 Å². The largest absolute Gasteiger partial charge is 0.340 e. The van der Waals surface area contributed by atoms with E-state index < -0.39 is 0 Å². The first-order valence-electron chi connectivity index (χ1n) is 7.66. The van der Waals surface area contributed by atoms with Gasteiger partial charge in [0.25, 0.3) is 0 Å². The fraction of sp³-hybridized carbons (Fsp3) is 0. The van der Waals surface area contributed by atoms with E-state index in [1.165, 1.54) is 11.3 Å². The van der Waals surface area contributed by atoms with Crippen LogP contribution in [0.2, 0.25) is 0 Å². The van der Waals surface area contributed by atoms with Crippen molar-refractivity contribution in [2.24, 2.45) is 0 Å². The number of para-hydroxylation sites is 1. The number of aromatic nitrogens is 4. The van der Waals surface area contributed by atoms with Crippen molar-refractivity contribution in [1.82, 2.24) is 19.9 Å². The quantitative estimate of drug-likeness (QED) is 0.555. The van der Waals surface area contributed by atoms with Crippen molar-refractivity contribution in [3.8, 4) is 10.7 Å². The van der Waals surface area contributed by atoms with Crippen LogP contribution in [-0.4, -0.2) is 19.9 Å². The van der Waals surface area contributed by atoms with Gasteiger partial charge < -0.3 is 10.6 Å². The molecule has 3 aromatic heterocycles. The Morgan fingerprint density at radius 1 is 0.720 bits per heavy atom. The number of rotatable bonds is 5. The van der Waals surface area contributed by atoms with Crippen LogP contribution in [0.1, 0.15) is 0 Å². The van der Waals surface area contributed by atoms with Gasteiger partial charge in [0.05, 0.1) is 0 Å². The highest BCUT2D eigenvalue weighted by Crippen LogP contribution is 2.21. The summed E-state index contributed by atoms with van der Waals surface area (Å²) >= 11 is 1.54. The number of thiazole rings is 1.